The minimum absolute atomic E-state index is 0.531. The van der Waals surface area contributed by atoms with E-state index in [9.17, 15) is 0 Å². The first-order valence-corrected chi connectivity index (χ1v) is 5.80. The number of benzene rings is 1. The molecule has 1 fully saturated rings. The molecule has 2 heterocycles. The zero-order chi connectivity index (χ0) is 11.5. The lowest BCUT2D eigenvalue weighted by Gasteiger charge is -2.27. The molecule has 2 aromatic rings. The molecule has 88 valence electrons. The van der Waals surface area contributed by atoms with Crippen molar-refractivity contribution in [3.8, 4) is 5.69 Å². The molecule has 0 radical (unpaired) electrons. The summed E-state index contributed by atoms with van der Waals surface area (Å²) in [4.78, 5) is 4.04. The summed E-state index contributed by atoms with van der Waals surface area (Å²) in [6.07, 6.45) is 5.53. The van der Waals surface area contributed by atoms with Gasteiger partial charge in [0.05, 0.1) is 25.6 Å². The van der Waals surface area contributed by atoms with Gasteiger partial charge in [-0.2, -0.15) is 0 Å². The van der Waals surface area contributed by atoms with Gasteiger partial charge in [-0.25, -0.2) is 4.98 Å². The number of nitrogens with one attached hydrogen (secondary N) is 1. The molecule has 0 aliphatic carbocycles. The number of nitrogens with zero attached hydrogens (tertiary/aromatic N) is 2. The molecule has 17 heavy (non-hydrogen) atoms. The fourth-order valence-corrected chi connectivity index (χ4v) is 1.81. The van der Waals surface area contributed by atoms with Crippen molar-refractivity contribution in [1.29, 1.82) is 0 Å². The second-order valence-electron chi connectivity index (χ2n) is 4.25. The van der Waals surface area contributed by atoms with Gasteiger partial charge in [0.1, 0.15) is 0 Å². The van der Waals surface area contributed by atoms with E-state index in [1.807, 2.05) is 10.8 Å². The van der Waals surface area contributed by atoms with Gasteiger partial charge in [-0.15, -0.1) is 0 Å². The summed E-state index contributed by atoms with van der Waals surface area (Å²) < 4.78 is 7.12. The van der Waals surface area contributed by atoms with Gasteiger partial charge < -0.3 is 14.6 Å². The van der Waals surface area contributed by atoms with Crippen molar-refractivity contribution in [1.82, 2.24) is 14.9 Å². The minimum Gasteiger partial charge on any atom is -0.378 e. The monoisotopic (exact) mass is 229 g/mol. The van der Waals surface area contributed by atoms with E-state index in [0.717, 1.165) is 25.4 Å². The first-order chi connectivity index (χ1) is 8.42. The molecule has 4 nitrogen and oxygen atoms in total. The van der Waals surface area contributed by atoms with Gasteiger partial charge in [-0.3, -0.25) is 0 Å². The first kappa shape index (κ1) is 10.5. The predicted octanol–water partition coefficient (Wildman–Crippen LogP) is 1.36. The van der Waals surface area contributed by atoms with Crippen LogP contribution in [0.15, 0.2) is 43.0 Å². The molecule has 1 aromatic heterocycles. The number of aromatic nitrogens is 2. The highest BCUT2D eigenvalue weighted by Crippen LogP contribution is 2.10. The van der Waals surface area contributed by atoms with Crippen LogP contribution in [0, 0.1) is 0 Å². The lowest BCUT2D eigenvalue weighted by Crippen LogP contribution is -2.45. The molecular weight excluding hydrogens is 214 g/mol. The highest BCUT2D eigenvalue weighted by molar-refractivity contribution is 5.34. The summed E-state index contributed by atoms with van der Waals surface area (Å²) in [7, 11) is 0. The van der Waals surface area contributed by atoms with Crippen LogP contribution in [-0.2, 0) is 11.3 Å². The minimum atomic E-state index is 0.531. The van der Waals surface area contributed by atoms with Crippen LogP contribution in [0.4, 0.5) is 0 Å². The van der Waals surface area contributed by atoms with E-state index < -0.39 is 0 Å². The summed E-state index contributed by atoms with van der Waals surface area (Å²) in [5, 5.41) is 3.45. The van der Waals surface area contributed by atoms with Gasteiger partial charge in [0, 0.05) is 24.6 Å². The van der Waals surface area contributed by atoms with Crippen molar-refractivity contribution in [2.75, 3.05) is 13.2 Å². The number of hydrogen-bond acceptors (Lipinski definition) is 3. The smallest absolute Gasteiger partial charge is 0.0991 e. The van der Waals surface area contributed by atoms with Crippen LogP contribution in [0.1, 0.15) is 5.56 Å². The molecule has 1 N–H and O–H groups in total. The molecule has 3 rings (SSSR count). The topological polar surface area (TPSA) is 39.1 Å². The fourth-order valence-electron chi connectivity index (χ4n) is 1.81. The van der Waals surface area contributed by atoms with Crippen LogP contribution in [0.3, 0.4) is 0 Å². The van der Waals surface area contributed by atoms with E-state index in [1.165, 1.54) is 5.56 Å². The number of ether oxygens (including phenoxy) is 1. The van der Waals surface area contributed by atoms with Gasteiger partial charge in [0.2, 0.25) is 0 Å². The zero-order valence-electron chi connectivity index (χ0n) is 9.54. The molecule has 4 heteroatoms. The Hall–Kier alpha value is -1.65. The molecule has 1 aliphatic heterocycles. The van der Waals surface area contributed by atoms with Crippen molar-refractivity contribution >= 4 is 0 Å². The van der Waals surface area contributed by atoms with Crippen LogP contribution >= 0.6 is 0 Å². The van der Waals surface area contributed by atoms with Crippen molar-refractivity contribution in [3.63, 3.8) is 0 Å². The van der Waals surface area contributed by atoms with E-state index >= 15 is 0 Å². The summed E-state index contributed by atoms with van der Waals surface area (Å²) in [5.41, 5.74) is 2.43. The highest BCUT2D eigenvalue weighted by Gasteiger charge is 2.16. The Morgan fingerprint density at radius 1 is 1.29 bits per heavy atom. The molecule has 0 bridgehead atoms. The van der Waals surface area contributed by atoms with Crippen molar-refractivity contribution in [3.05, 3.63) is 48.5 Å². The largest absolute Gasteiger partial charge is 0.378 e. The Morgan fingerprint density at radius 2 is 2.12 bits per heavy atom. The molecule has 0 amide bonds. The Labute approximate surface area is 100 Å². The molecular formula is C13H15N3O. The van der Waals surface area contributed by atoms with E-state index in [-0.39, 0.29) is 0 Å². The van der Waals surface area contributed by atoms with Crippen LogP contribution < -0.4 is 5.32 Å². The summed E-state index contributed by atoms with van der Waals surface area (Å²) in [6.45, 7) is 2.58. The Morgan fingerprint density at radius 3 is 2.71 bits per heavy atom. The lowest BCUT2D eigenvalue weighted by atomic mass is 10.2. The average molecular weight is 229 g/mol. The number of rotatable bonds is 4. The number of imidazole rings is 1. The summed E-state index contributed by atoms with van der Waals surface area (Å²) >= 11 is 0. The quantitative estimate of drug-likeness (QED) is 0.860. The van der Waals surface area contributed by atoms with Gasteiger partial charge >= 0.3 is 0 Å². The Bertz CT molecular complexity index is 460. The normalized spacial score (nSPS) is 15.8. The van der Waals surface area contributed by atoms with Crippen LogP contribution in [0.2, 0.25) is 0 Å². The Balaban J connectivity index is 1.63. The second-order valence-corrected chi connectivity index (χ2v) is 4.25. The van der Waals surface area contributed by atoms with Crippen molar-refractivity contribution in [2.24, 2.45) is 0 Å². The van der Waals surface area contributed by atoms with Gasteiger partial charge in [0.15, 0.2) is 0 Å². The summed E-state index contributed by atoms with van der Waals surface area (Å²) in [5.74, 6) is 0. The molecule has 1 aromatic carbocycles. The van der Waals surface area contributed by atoms with Crippen LogP contribution in [0.5, 0.6) is 0 Å². The predicted molar refractivity (Wildman–Crippen MR) is 65.0 cm³/mol. The summed E-state index contributed by atoms with van der Waals surface area (Å²) in [6, 6.07) is 9.03. The second kappa shape index (κ2) is 4.69. The third kappa shape index (κ3) is 2.38. The number of hydrogen-bond donors (Lipinski definition) is 1. The van der Waals surface area contributed by atoms with Crippen LogP contribution in [0.25, 0.3) is 5.69 Å². The molecule has 0 saturated carbocycles. The van der Waals surface area contributed by atoms with Gasteiger partial charge in [-0.05, 0) is 17.7 Å². The maximum Gasteiger partial charge on any atom is 0.0991 e. The standard InChI is InChI=1S/C13H15N3O/c1-3-13(16-6-5-14-10-16)4-2-11(1)7-15-12-8-17-9-12/h1-6,10,12,15H,7-9H2. The van der Waals surface area contributed by atoms with E-state index in [4.69, 9.17) is 4.74 Å². The van der Waals surface area contributed by atoms with Crippen molar-refractivity contribution < 1.29 is 4.74 Å². The molecule has 1 aliphatic rings. The van der Waals surface area contributed by atoms with E-state index in [0.29, 0.717) is 6.04 Å². The molecule has 0 unspecified atom stereocenters. The van der Waals surface area contributed by atoms with Crippen LogP contribution in [-0.4, -0.2) is 28.8 Å². The maximum absolute atomic E-state index is 5.12. The van der Waals surface area contributed by atoms with E-state index in [2.05, 4.69) is 34.6 Å². The third-order valence-corrected chi connectivity index (χ3v) is 2.97. The van der Waals surface area contributed by atoms with Gasteiger partial charge in [0.25, 0.3) is 0 Å². The van der Waals surface area contributed by atoms with Gasteiger partial charge in [-0.1, -0.05) is 12.1 Å². The molecule has 0 atom stereocenters. The lowest BCUT2D eigenvalue weighted by molar-refractivity contribution is -0.00578. The average Bonchev–Trinajstić information content (AvgIpc) is 2.81. The van der Waals surface area contributed by atoms with Crippen molar-refractivity contribution in [2.45, 2.75) is 12.6 Å². The Kier molecular flexibility index (Phi) is 2.90. The van der Waals surface area contributed by atoms with E-state index in [1.54, 1.807) is 12.5 Å². The SMILES string of the molecule is c1cn(-c2ccc(CNC3COC3)cc2)cn1. The molecule has 1 saturated heterocycles. The third-order valence-electron chi connectivity index (χ3n) is 2.97. The highest BCUT2D eigenvalue weighted by atomic mass is 16.5. The maximum atomic E-state index is 5.12. The molecule has 0 spiro atoms. The first-order valence-electron chi connectivity index (χ1n) is 5.80. The zero-order valence-corrected chi connectivity index (χ0v) is 9.54. The fraction of sp³-hybridized carbons (Fsp3) is 0.308.